The fourth-order valence-corrected chi connectivity index (χ4v) is 1.94. The zero-order valence-electron chi connectivity index (χ0n) is 11.4. The van der Waals surface area contributed by atoms with Crippen molar-refractivity contribution in [2.75, 3.05) is 0 Å². The Morgan fingerprint density at radius 1 is 1.32 bits per heavy atom. The smallest absolute Gasteiger partial charge is 0.335 e. The highest BCUT2D eigenvalue weighted by atomic mass is 16.4. The third-order valence-electron chi connectivity index (χ3n) is 2.91. The van der Waals surface area contributed by atoms with Crippen molar-refractivity contribution in [1.29, 1.82) is 0 Å². The van der Waals surface area contributed by atoms with Crippen molar-refractivity contribution < 1.29 is 9.90 Å². The summed E-state index contributed by atoms with van der Waals surface area (Å²) in [4.78, 5) is 11.3. The van der Waals surface area contributed by atoms with Crippen LogP contribution in [0.3, 0.4) is 0 Å². The Balaban J connectivity index is 2.63. The molecule has 2 aromatic rings. The van der Waals surface area contributed by atoms with E-state index in [0.717, 1.165) is 11.3 Å². The summed E-state index contributed by atoms with van der Waals surface area (Å²) in [6.07, 6.45) is 0. The van der Waals surface area contributed by atoms with Crippen LogP contribution in [0.5, 0.6) is 0 Å². The van der Waals surface area contributed by atoms with Crippen molar-refractivity contribution in [3.8, 4) is 5.69 Å². The zero-order chi connectivity index (χ0) is 14.2. The van der Waals surface area contributed by atoms with Gasteiger partial charge in [-0.2, -0.15) is 4.68 Å². The summed E-state index contributed by atoms with van der Waals surface area (Å²) in [5.74, 6) is -0.271. The van der Waals surface area contributed by atoms with Gasteiger partial charge in [0.05, 0.1) is 11.3 Å². The Kier molecular flexibility index (Phi) is 3.09. The first-order valence-corrected chi connectivity index (χ1v) is 5.94. The monoisotopic (exact) mass is 260 g/mol. The molecular weight excluding hydrogens is 244 g/mol. The van der Waals surface area contributed by atoms with Gasteiger partial charge in [0, 0.05) is 0 Å². The molecule has 0 atom stereocenters. The molecule has 19 heavy (non-hydrogen) atoms. The van der Waals surface area contributed by atoms with Crippen LogP contribution in [0.2, 0.25) is 0 Å². The Morgan fingerprint density at radius 3 is 2.47 bits per heavy atom. The van der Waals surface area contributed by atoms with E-state index >= 15 is 0 Å². The molecule has 0 aliphatic heterocycles. The average molecular weight is 260 g/mol. The van der Waals surface area contributed by atoms with Gasteiger partial charge in [0.1, 0.15) is 0 Å². The zero-order valence-corrected chi connectivity index (χ0v) is 11.4. The lowest BCUT2D eigenvalue weighted by Crippen LogP contribution is -2.18. The normalized spacial score (nSPS) is 11.6. The summed E-state index contributed by atoms with van der Waals surface area (Å²) in [7, 11) is 0. The summed E-state index contributed by atoms with van der Waals surface area (Å²) < 4.78 is 1.58. The van der Waals surface area contributed by atoms with Gasteiger partial charge in [-0.15, -0.1) is 5.10 Å². The minimum atomic E-state index is -0.926. The van der Waals surface area contributed by atoms with Crippen LogP contribution in [0.25, 0.3) is 5.69 Å². The largest absolute Gasteiger partial charge is 0.478 e. The molecule has 0 unspecified atom stereocenters. The van der Waals surface area contributed by atoms with Gasteiger partial charge >= 0.3 is 5.97 Å². The quantitative estimate of drug-likeness (QED) is 0.892. The molecule has 0 saturated carbocycles. The van der Waals surface area contributed by atoms with Crippen molar-refractivity contribution in [2.45, 2.75) is 33.1 Å². The molecule has 0 bridgehead atoms. The molecule has 0 amide bonds. The van der Waals surface area contributed by atoms with Gasteiger partial charge in [0.25, 0.3) is 0 Å². The van der Waals surface area contributed by atoms with E-state index in [1.54, 1.807) is 23.7 Å². The number of aryl methyl sites for hydroxylation is 1. The van der Waals surface area contributed by atoms with E-state index in [0.29, 0.717) is 11.4 Å². The molecule has 6 heteroatoms. The molecule has 2 rings (SSSR count). The van der Waals surface area contributed by atoms with Gasteiger partial charge in [-0.05, 0) is 46.5 Å². The Morgan fingerprint density at radius 2 is 2.00 bits per heavy atom. The highest BCUT2D eigenvalue weighted by Gasteiger charge is 2.22. The van der Waals surface area contributed by atoms with E-state index < -0.39 is 5.97 Å². The van der Waals surface area contributed by atoms with E-state index in [-0.39, 0.29) is 5.41 Å². The van der Waals surface area contributed by atoms with Crippen LogP contribution in [-0.2, 0) is 5.41 Å². The number of benzene rings is 1. The number of rotatable bonds is 2. The number of carboxylic acids is 1. The minimum absolute atomic E-state index is 0.272. The van der Waals surface area contributed by atoms with E-state index in [2.05, 4.69) is 15.5 Å². The number of nitrogens with zero attached hydrogens (tertiary/aromatic N) is 4. The summed E-state index contributed by atoms with van der Waals surface area (Å²) in [5, 5.41) is 20.6. The van der Waals surface area contributed by atoms with Gasteiger partial charge in [0.2, 0.25) is 0 Å². The van der Waals surface area contributed by atoms with Gasteiger partial charge in [0.15, 0.2) is 5.82 Å². The third-order valence-corrected chi connectivity index (χ3v) is 2.91. The SMILES string of the molecule is Cc1nnnn1-c1ccc(C(=O)O)c(C(C)(C)C)c1. The fourth-order valence-electron chi connectivity index (χ4n) is 1.94. The molecule has 6 nitrogen and oxygen atoms in total. The number of aromatic carboxylic acids is 1. The molecule has 0 radical (unpaired) electrons. The molecule has 1 N–H and O–H groups in total. The Labute approximate surface area is 111 Å². The first-order valence-electron chi connectivity index (χ1n) is 5.94. The van der Waals surface area contributed by atoms with Crippen LogP contribution < -0.4 is 0 Å². The van der Waals surface area contributed by atoms with E-state index in [4.69, 9.17) is 0 Å². The lowest BCUT2D eigenvalue weighted by Gasteiger charge is -2.22. The van der Waals surface area contributed by atoms with Gasteiger partial charge in [-0.1, -0.05) is 20.8 Å². The Bertz CT molecular complexity index is 626. The third kappa shape index (κ3) is 2.47. The maximum atomic E-state index is 11.3. The summed E-state index contributed by atoms with van der Waals surface area (Å²) in [5.41, 5.74) is 1.55. The molecule has 1 aromatic heterocycles. The van der Waals surface area contributed by atoms with Gasteiger partial charge in [-0.25, -0.2) is 4.79 Å². The fraction of sp³-hybridized carbons (Fsp3) is 0.385. The molecule has 0 aliphatic carbocycles. The molecule has 1 heterocycles. The number of hydrogen-bond donors (Lipinski definition) is 1. The molecule has 0 spiro atoms. The molecule has 100 valence electrons. The molecule has 0 fully saturated rings. The lowest BCUT2D eigenvalue weighted by atomic mass is 9.83. The second-order valence-corrected chi connectivity index (χ2v) is 5.42. The minimum Gasteiger partial charge on any atom is -0.478 e. The van der Waals surface area contributed by atoms with E-state index in [9.17, 15) is 9.90 Å². The van der Waals surface area contributed by atoms with Crippen molar-refractivity contribution in [1.82, 2.24) is 20.2 Å². The summed E-state index contributed by atoms with van der Waals surface area (Å²) in [6, 6.07) is 5.13. The van der Waals surface area contributed by atoms with Crippen molar-refractivity contribution in [3.63, 3.8) is 0 Å². The van der Waals surface area contributed by atoms with Crippen molar-refractivity contribution in [2.24, 2.45) is 0 Å². The summed E-state index contributed by atoms with van der Waals surface area (Å²) in [6.45, 7) is 7.73. The van der Waals surface area contributed by atoms with Crippen LogP contribution in [0, 0.1) is 6.92 Å². The van der Waals surface area contributed by atoms with E-state index in [1.807, 2.05) is 26.8 Å². The second-order valence-electron chi connectivity index (χ2n) is 5.42. The maximum absolute atomic E-state index is 11.3. The predicted octanol–water partition coefficient (Wildman–Crippen LogP) is 1.97. The molecule has 0 saturated heterocycles. The first-order chi connectivity index (χ1) is 8.80. The number of hydrogen-bond acceptors (Lipinski definition) is 4. The van der Waals surface area contributed by atoms with Crippen LogP contribution >= 0.6 is 0 Å². The molecule has 0 aliphatic rings. The topological polar surface area (TPSA) is 80.9 Å². The van der Waals surface area contributed by atoms with Crippen LogP contribution in [0.1, 0.15) is 42.5 Å². The number of tetrazole rings is 1. The molecule has 1 aromatic carbocycles. The standard InChI is InChI=1S/C13H16N4O2/c1-8-14-15-16-17(8)9-5-6-10(12(18)19)11(7-9)13(2,3)4/h5-7H,1-4H3,(H,18,19). The average Bonchev–Trinajstić information content (AvgIpc) is 2.73. The van der Waals surface area contributed by atoms with Crippen molar-refractivity contribution in [3.05, 3.63) is 35.2 Å². The maximum Gasteiger partial charge on any atom is 0.335 e. The highest BCUT2D eigenvalue weighted by molar-refractivity contribution is 5.90. The number of carbonyl (C=O) groups is 1. The molecular formula is C13H16N4O2. The van der Waals surface area contributed by atoms with Gasteiger partial charge < -0.3 is 5.11 Å². The van der Waals surface area contributed by atoms with Crippen LogP contribution in [0.4, 0.5) is 0 Å². The lowest BCUT2D eigenvalue weighted by molar-refractivity contribution is 0.0694. The van der Waals surface area contributed by atoms with Crippen LogP contribution in [-0.4, -0.2) is 31.3 Å². The van der Waals surface area contributed by atoms with Crippen molar-refractivity contribution >= 4 is 5.97 Å². The number of carboxylic acid groups (broad SMARTS) is 1. The second kappa shape index (κ2) is 4.46. The predicted molar refractivity (Wildman–Crippen MR) is 69.6 cm³/mol. The van der Waals surface area contributed by atoms with Gasteiger partial charge in [-0.3, -0.25) is 0 Å². The van der Waals surface area contributed by atoms with E-state index in [1.165, 1.54) is 0 Å². The highest BCUT2D eigenvalue weighted by Crippen LogP contribution is 2.28. The summed E-state index contributed by atoms with van der Waals surface area (Å²) >= 11 is 0. The Hall–Kier alpha value is -2.24. The first kappa shape index (κ1) is 13.2. The number of aromatic nitrogens is 4. The van der Waals surface area contributed by atoms with Crippen LogP contribution in [0.15, 0.2) is 18.2 Å².